The number of rotatable bonds is 6. The molecule has 0 radical (unpaired) electrons. The molecule has 2 N–H and O–H groups in total. The summed E-state index contributed by atoms with van der Waals surface area (Å²) in [6.07, 6.45) is 0. The fraction of sp³-hybridized carbons (Fsp3) is 0.333. The summed E-state index contributed by atoms with van der Waals surface area (Å²) >= 11 is 0. The minimum atomic E-state index is 0.134. The van der Waals surface area contributed by atoms with Gasteiger partial charge in [0.25, 0.3) is 0 Å². The molecular formula is C18H23NO2. The molecular weight excluding hydrogens is 262 g/mol. The fourth-order valence-corrected chi connectivity index (χ4v) is 2.05. The van der Waals surface area contributed by atoms with Gasteiger partial charge in [-0.1, -0.05) is 38.1 Å². The molecule has 0 spiro atoms. The van der Waals surface area contributed by atoms with Crippen molar-refractivity contribution in [2.45, 2.75) is 26.8 Å². The Morgan fingerprint density at radius 2 is 1.67 bits per heavy atom. The van der Waals surface area contributed by atoms with E-state index in [1.807, 2.05) is 36.4 Å². The van der Waals surface area contributed by atoms with E-state index < -0.39 is 0 Å². The SMILES string of the molecule is CC(C)COc1ccccc1NC(C)c1ccc(O)cc1. The van der Waals surface area contributed by atoms with E-state index in [1.54, 1.807) is 12.1 Å². The van der Waals surface area contributed by atoms with E-state index in [0.717, 1.165) is 17.0 Å². The van der Waals surface area contributed by atoms with Crippen molar-refractivity contribution in [3.05, 3.63) is 54.1 Å². The number of benzene rings is 2. The molecule has 0 aliphatic carbocycles. The summed E-state index contributed by atoms with van der Waals surface area (Å²) in [5.41, 5.74) is 2.10. The molecule has 3 heteroatoms. The lowest BCUT2D eigenvalue weighted by molar-refractivity contribution is 0.272. The van der Waals surface area contributed by atoms with E-state index in [1.165, 1.54) is 0 Å². The maximum absolute atomic E-state index is 9.35. The first-order chi connectivity index (χ1) is 10.1. The predicted octanol–water partition coefficient (Wildman–Crippen LogP) is 4.60. The summed E-state index contributed by atoms with van der Waals surface area (Å²) in [5.74, 6) is 1.65. The number of phenols is 1. The van der Waals surface area contributed by atoms with Gasteiger partial charge in [-0.2, -0.15) is 0 Å². The molecule has 0 saturated heterocycles. The Morgan fingerprint density at radius 1 is 1.00 bits per heavy atom. The maximum atomic E-state index is 9.35. The van der Waals surface area contributed by atoms with E-state index in [2.05, 4.69) is 26.1 Å². The molecule has 1 unspecified atom stereocenters. The highest BCUT2D eigenvalue weighted by molar-refractivity contribution is 5.57. The van der Waals surface area contributed by atoms with Gasteiger partial charge in [-0.3, -0.25) is 0 Å². The van der Waals surface area contributed by atoms with Crippen LogP contribution in [-0.2, 0) is 0 Å². The van der Waals surface area contributed by atoms with Gasteiger partial charge in [-0.15, -0.1) is 0 Å². The second-order valence-corrected chi connectivity index (χ2v) is 5.66. The van der Waals surface area contributed by atoms with E-state index in [0.29, 0.717) is 12.5 Å². The third-order valence-electron chi connectivity index (χ3n) is 3.22. The molecule has 0 bridgehead atoms. The fourth-order valence-electron chi connectivity index (χ4n) is 2.05. The average molecular weight is 285 g/mol. The highest BCUT2D eigenvalue weighted by atomic mass is 16.5. The minimum Gasteiger partial charge on any atom is -0.508 e. The van der Waals surface area contributed by atoms with E-state index in [9.17, 15) is 5.11 Å². The highest BCUT2D eigenvalue weighted by Crippen LogP contribution is 2.28. The van der Waals surface area contributed by atoms with E-state index in [-0.39, 0.29) is 11.8 Å². The summed E-state index contributed by atoms with van der Waals surface area (Å²) in [6, 6.07) is 15.4. The van der Waals surface area contributed by atoms with E-state index in [4.69, 9.17) is 4.74 Å². The summed E-state index contributed by atoms with van der Waals surface area (Å²) in [5, 5.41) is 12.8. The van der Waals surface area contributed by atoms with E-state index >= 15 is 0 Å². The van der Waals surface area contributed by atoms with Gasteiger partial charge < -0.3 is 15.2 Å². The van der Waals surface area contributed by atoms with Gasteiger partial charge in [-0.05, 0) is 42.7 Å². The van der Waals surface area contributed by atoms with Crippen LogP contribution in [0.4, 0.5) is 5.69 Å². The summed E-state index contributed by atoms with van der Waals surface area (Å²) in [4.78, 5) is 0. The third kappa shape index (κ3) is 4.42. The van der Waals surface area contributed by atoms with Crippen LogP contribution in [0, 0.1) is 5.92 Å². The maximum Gasteiger partial charge on any atom is 0.142 e. The van der Waals surface area contributed by atoms with Gasteiger partial charge in [-0.25, -0.2) is 0 Å². The number of nitrogens with one attached hydrogen (secondary N) is 1. The zero-order chi connectivity index (χ0) is 15.2. The Kier molecular flexibility index (Phi) is 5.09. The smallest absolute Gasteiger partial charge is 0.142 e. The number of hydrogen-bond acceptors (Lipinski definition) is 3. The topological polar surface area (TPSA) is 41.5 Å². The van der Waals surface area contributed by atoms with Crippen LogP contribution in [-0.4, -0.2) is 11.7 Å². The molecule has 2 rings (SSSR count). The number of anilines is 1. The largest absolute Gasteiger partial charge is 0.508 e. The number of phenolic OH excluding ortho intramolecular Hbond substituents is 1. The Labute approximate surface area is 126 Å². The highest BCUT2D eigenvalue weighted by Gasteiger charge is 2.09. The Bertz CT molecular complexity index is 564. The molecule has 112 valence electrons. The van der Waals surface area contributed by atoms with Gasteiger partial charge in [0, 0.05) is 6.04 Å². The van der Waals surface area contributed by atoms with Crippen LogP contribution in [0.15, 0.2) is 48.5 Å². The normalized spacial score (nSPS) is 12.2. The standard InChI is InChI=1S/C18H23NO2/c1-13(2)12-21-18-7-5-4-6-17(18)19-14(3)15-8-10-16(20)11-9-15/h4-11,13-14,19-20H,12H2,1-3H3. The number of para-hydroxylation sites is 2. The van der Waals surface area contributed by atoms with Crippen molar-refractivity contribution in [2.75, 3.05) is 11.9 Å². The average Bonchev–Trinajstić information content (AvgIpc) is 2.47. The zero-order valence-corrected chi connectivity index (χ0v) is 12.8. The van der Waals surface area contributed by atoms with Crippen LogP contribution < -0.4 is 10.1 Å². The second-order valence-electron chi connectivity index (χ2n) is 5.66. The molecule has 2 aromatic carbocycles. The molecule has 0 aromatic heterocycles. The van der Waals surface area contributed by atoms with Gasteiger partial charge >= 0.3 is 0 Å². The Hall–Kier alpha value is -2.16. The molecule has 0 aliphatic rings. The van der Waals surface area contributed by atoms with Gasteiger partial charge in [0.15, 0.2) is 0 Å². The zero-order valence-electron chi connectivity index (χ0n) is 12.8. The monoisotopic (exact) mass is 285 g/mol. The number of ether oxygens (including phenoxy) is 1. The minimum absolute atomic E-state index is 0.134. The van der Waals surface area contributed by atoms with Crippen LogP contribution in [0.5, 0.6) is 11.5 Å². The van der Waals surface area contributed by atoms with Crippen LogP contribution >= 0.6 is 0 Å². The molecule has 0 heterocycles. The predicted molar refractivity (Wildman–Crippen MR) is 86.9 cm³/mol. The summed E-state index contributed by atoms with van der Waals surface area (Å²) in [6.45, 7) is 7.06. The Morgan fingerprint density at radius 3 is 2.33 bits per heavy atom. The quantitative estimate of drug-likeness (QED) is 0.815. The number of hydrogen-bond donors (Lipinski definition) is 2. The van der Waals surface area contributed by atoms with Crippen LogP contribution in [0.25, 0.3) is 0 Å². The second kappa shape index (κ2) is 7.02. The molecule has 3 nitrogen and oxygen atoms in total. The molecule has 0 saturated carbocycles. The molecule has 0 fully saturated rings. The van der Waals surface area contributed by atoms with Crippen molar-refractivity contribution >= 4 is 5.69 Å². The van der Waals surface area contributed by atoms with Crippen LogP contribution in [0.1, 0.15) is 32.4 Å². The first-order valence-corrected chi connectivity index (χ1v) is 7.33. The Balaban J connectivity index is 2.09. The lowest BCUT2D eigenvalue weighted by atomic mass is 10.1. The molecule has 2 aromatic rings. The van der Waals surface area contributed by atoms with Crippen LogP contribution in [0.3, 0.4) is 0 Å². The van der Waals surface area contributed by atoms with Gasteiger partial charge in [0.1, 0.15) is 11.5 Å². The summed E-state index contributed by atoms with van der Waals surface area (Å²) < 4.78 is 5.85. The first-order valence-electron chi connectivity index (χ1n) is 7.33. The third-order valence-corrected chi connectivity index (χ3v) is 3.22. The lowest BCUT2D eigenvalue weighted by Crippen LogP contribution is -2.10. The van der Waals surface area contributed by atoms with Crippen molar-refractivity contribution in [1.82, 2.24) is 0 Å². The van der Waals surface area contributed by atoms with Crippen molar-refractivity contribution in [3.63, 3.8) is 0 Å². The molecule has 0 amide bonds. The molecule has 21 heavy (non-hydrogen) atoms. The van der Waals surface area contributed by atoms with Gasteiger partial charge in [0.2, 0.25) is 0 Å². The van der Waals surface area contributed by atoms with Crippen molar-refractivity contribution in [3.8, 4) is 11.5 Å². The van der Waals surface area contributed by atoms with Crippen LogP contribution in [0.2, 0.25) is 0 Å². The van der Waals surface area contributed by atoms with Gasteiger partial charge in [0.05, 0.1) is 12.3 Å². The molecule has 0 aliphatic heterocycles. The summed E-state index contributed by atoms with van der Waals surface area (Å²) in [7, 11) is 0. The number of aromatic hydroxyl groups is 1. The van der Waals surface area contributed by atoms with Crippen molar-refractivity contribution in [2.24, 2.45) is 5.92 Å². The lowest BCUT2D eigenvalue weighted by Gasteiger charge is -2.19. The van der Waals surface area contributed by atoms with Crippen molar-refractivity contribution in [1.29, 1.82) is 0 Å². The first kappa shape index (κ1) is 15.2. The van der Waals surface area contributed by atoms with Crippen molar-refractivity contribution < 1.29 is 9.84 Å². The molecule has 1 atom stereocenters.